The van der Waals surface area contributed by atoms with E-state index in [4.69, 9.17) is 4.42 Å². The maximum absolute atomic E-state index is 5.30. The summed E-state index contributed by atoms with van der Waals surface area (Å²) in [6, 6.07) is 10.7. The molecule has 77 valence electrons. The number of hydrogen-bond donors (Lipinski definition) is 0. The molecule has 3 aromatic rings. The third-order valence-corrected chi connectivity index (χ3v) is 2.12. The Morgan fingerprint density at radius 3 is 3.13 bits per heavy atom. The first-order valence-corrected chi connectivity index (χ1v) is 4.32. The van der Waals surface area contributed by atoms with Crippen LogP contribution in [0.5, 0.6) is 0 Å². The summed E-state index contributed by atoms with van der Waals surface area (Å²) in [7, 11) is 0. The van der Waals surface area contributed by atoms with E-state index in [1.54, 1.807) is 17.1 Å². The number of furan rings is 1. The van der Waals surface area contributed by atoms with E-state index in [0.29, 0.717) is 0 Å². The maximum Gasteiger partial charge on any atom is 0.0765 e. The van der Waals surface area contributed by atoms with E-state index in [0.717, 1.165) is 16.7 Å². The molecule has 0 saturated heterocycles. The van der Waals surface area contributed by atoms with Gasteiger partial charge in [0.05, 0.1) is 6.26 Å². The summed E-state index contributed by atoms with van der Waals surface area (Å²) in [6.45, 7) is 0. The van der Waals surface area contributed by atoms with Crippen molar-refractivity contribution in [2.24, 2.45) is 0 Å². The molecule has 0 bridgehead atoms. The van der Waals surface area contributed by atoms with Crippen molar-refractivity contribution < 1.29 is 24.5 Å². The molecule has 0 aliphatic carbocycles. The molecule has 1 radical (unpaired) electrons. The molecule has 0 aliphatic heterocycles. The van der Waals surface area contributed by atoms with Crippen LogP contribution in [0.25, 0.3) is 16.7 Å². The molecule has 3 rings (SSSR count). The summed E-state index contributed by atoms with van der Waals surface area (Å²) in [5.74, 6) is 0. The Kier molecular flexibility index (Phi) is 2.71. The molecular formula is C11H7IrN2O-. The van der Waals surface area contributed by atoms with Gasteiger partial charge in [0.25, 0.3) is 0 Å². The predicted molar refractivity (Wildman–Crippen MR) is 52.2 cm³/mol. The fourth-order valence-corrected chi connectivity index (χ4v) is 1.43. The Labute approximate surface area is 100 Å². The molecule has 0 fully saturated rings. The summed E-state index contributed by atoms with van der Waals surface area (Å²) >= 11 is 0. The van der Waals surface area contributed by atoms with Crippen molar-refractivity contribution in [3.8, 4) is 5.69 Å². The number of rotatable bonds is 1. The molecule has 0 saturated carbocycles. The largest absolute Gasteiger partial charge is 0.491 e. The summed E-state index contributed by atoms with van der Waals surface area (Å²) in [4.78, 5) is 0. The normalized spacial score (nSPS) is 10.1. The first kappa shape index (κ1) is 10.1. The van der Waals surface area contributed by atoms with Crippen molar-refractivity contribution in [3.63, 3.8) is 0 Å². The van der Waals surface area contributed by atoms with Crippen LogP contribution in [-0.4, -0.2) is 9.78 Å². The van der Waals surface area contributed by atoms with Crippen molar-refractivity contribution >= 4 is 11.0 Å². The molecule has 15 heavy (non-hydrogen) atoms. The van der Waals surface area contributed by atoms with Crippen molar-refractivity contribution in [2.75, 3.05) is 0 Å². The van der Waals surface area contributed by atoms with Gasteiger partial charge in [0.2, 0.25) is 0 Å². The Morgan fingerprint density at radius 1 is 1.40 bits per heavy atom. The van der Waals surface area contributed by atoms with Gasteiger partial charge >= 0.3 is 0 Å². The van der Waals surface area contributed by atoms with Gasteiger partial charge in [0, 0.05) is 38.1 Å². The van der Waals surface area contributed by atoms with Crippen molar-refractivity contribution in [1.29, 1.82) is 0 Å². The summed E-state index contributed by atoms with van der Waals surface area (Å²) in [5, 5.41) is 5.18. The SMILES string of the molecule is [Ir].[c-]1cc2ccoc2cc1-n1cccn1. The molecule has 2 aromatic heterocycles. The van der Waals surface area contributed by atoms with Crippen LogP contribution in [0.3, 0.4) is 0 Å². The Hall–Kier alpha value is -1.38. The summed E-state index contributed by atoms with van der Waals surface area (Å²) in [5.41, 5.74) is 1.74. The van der Waals surface area contributed by atoms with E-state index < -0.39 is 0 Å². The molecule has 0 spiro atoms. The van der Waals surface area contributed by atoms with Gasteiger partial charge in [-0.05, 0) is 11.8 Å². The first-order chi connectivity index (χ1) is 6.93. The van der Waals surface area contributed by atoms with Gasteiger partial charge in [0.15, 0.2) is 0 Å². The molecule has 2 heterocycles. The number of nitrogens with zero attached hydrogens (tertiary/aromatic N) is 2. The topological polar surface area (TPSA) is 31.0 Å². The average Bonchev–Trinajstić information content (AvgIpc) is 2.88. The van der Waals surface area contributed by atoms with E-state index in [9.17, 15) is 0 Å². The van der Waals surface area contributed by atoms with E-state index >= 15 is 0 Å². The standard InChI is InChI=1S/C11H7N2O.Ir/c1-5-12-13(6-1)10-3-2-9-4-7-14-11(9)8-10;/h1-2,4-8H;/q-1;. The molecule has 0 aliphatic rings. The Bertz CT molecular complexity index is 557. The molecule has 0 atom stereocenters. The first-order valence-electron chi connectivity index (χ1n) is 4.32. The van der Waals surface area contributed by atoms with Gasteiger partial charge in [-0.2, -0.15) is 17.2 Å². The minimum atomic E-state index is 0. The number of aromatic nitrogens is 2. The third kappa shape index (κ3) is 1.74. The molecule has 0 N–H and O–H groups in total. The monoisotopic (exact) mass is 376 g/mol. The van der Waals surface area contributed by atoms with Crippen LogP contribution < -0.4 is 0 Å². The van der Waals surface area contributed by atoms with Gasteiger partial charge in [-0.25, -0.2) is 0 Å². The Balaban J connectivity index is 0.000000853. The average molecular weight is 375 g/mol. The zero-order valence-corrected chi connectivity index (χ0v) is 10.1. The van der Waals surface area contributed by atoms with Crippen LogP contribution in [-0.2, 0) is 20.1 Å². The van der Waals surface area contributed by atoms with Crippen LogP contribution in [0, 0.1) is 6.07 Å². The number of hydrogen-bond acceptors (Lipinski definition) is 2. The minimum Gasteiger partial charge on any atom is -0.491 e. The van der Waals surface area contributed by atoms with Gasteiger partial charge in [-0.1, -0.05) is 11.5 Å². The summed E-state index contributed by atoms with van der Waals surface area (Å²) in [6.07, 6.45) is 5.28. The fourth-order valence-electron chi connectivity index (χ4n) is 1.43. The molecular weight excluding hydrogens is 368 g/mol. The zero-order valence-electron chi connectivity index (χ0n) is 7.68. The minimum absolute atomic E-state index is 0. The van der Waals surface area contributed by atoms with Crippen molar-refractivity contribution in [1.82, 2.24) is 9.78 Å². The zero-order chi connectivity index (χ0) is 9.38. The van der Waals surface area contributed by atoms with Gasteiger partial charge in [-0.15, -0.1) is 6.07 Å². The van der Waals surface area contributed by atoms with Crippen LogP contribution in [0.15, 0.2) is 47.3 Å². The molecule has 0 unspecified atom stereocenters. The predicted octanol–water partition coefficient (Wildman–Crippen LogP) is 2.42. The second-order valence-electron chi connectivity index (χ2n) is 3.01. The summed E-state index contributed by atoms with van der Waals surface area (Å²) < 4.78 is 7.05. The van der Waals surface area contributed by atoms with Gasteiger partial charge < -0.3 is 4.42 Å². The fraction of sp³-hybridized carbons (Fsp3) is 0. The molecule has 4 heteroatoms. The van der Waals surface area contributed by atoms with E-state index in [2.05, 4.69) is 11.2 Å². The van der Waals surface area contributed by atoms with E-state index in [1.807, 2.05) is 30.5 Å². The third-order valence-electron chi connectivity index (χ3n) is 2.12. The second-order valence-corrected chi connectivity index (χ2v) is 3.01. The second kappa shape index (κ2) is 4.01. The van der Waals surface area contributed by atoms with Crippen LogP contribution in [0.1, 0.15) is 0 Å². The van der Waals surface area contributed by atoms with Crippen molar-refractivity contribution in [2.45, 2.75) is 0 Å². The van der Waals surface area contributed by atoms with Crippen LogP contribution in [0.4, 0.5) is 0 Å². The maximum atomic E-state index is 5.30. The molecule has 0 amide bonds. The molecule has 3 nitrogen and oxygen atoms in total. The molecule has 1 aromatic carbocycles. The number of benzene rings is 1. The van der Waals surface area contributed by atoms with Gasteiger partial charge in [0.1, 0.15) is 0 Å². The van der Waals surface area contributed by atoms with Crippen molar-refractivity contribution in [3.05, 3.63) is 49.0 Å². The van der Waals surface area contributed by atoms with Crippen LogP contribution in [0.2, 0.25) is 0 Å². The van der Waals surface area contributed by atoms with E-state index in [1.165, 1.54) is 0 Å². The van der Waals surface area contributed by atoms with E-state index in [-0.39, 0.29) is 20.1 Å². The quantitative estimate of drug-likeness (QED) is 0.612. The van der Waals surface area contributed by atoms with Crippen LogP contribution >= 0.6 is 0 Å². The number of fused-ring (bicyclic) bond motifs is 1. The Morgan fingerprint density at radius 2 is 2.33 bits per heavy atom. The van der Waals surface area contributed by atoms with Gasteiger partial charge in [-0.3, -0.25) is 4.68 Å². The smallest absolute Gasteiger partial charge is 0.0765 e.